The van der Waals surface area contributed by atoms with E-state index in [-0.39, 0.29) is 7.43 Å². The van der Waals surface area contributed by atoms with Gasteiger partial charge in [-0.05, 0) is 103 Å². The standard InChI is InChI=1S/C25H24N4.C15H17N.C11H12N.CH4O4S.CH4/c1-28-17-14-19(20-8-4-5-11-24(20)28)18-26-27-23-12-13-25(29-15-6-7-16-29)22-10-3-2-9-21(22)23;1-12-8-9-15(16-10-4-5-11-16)14-7-3-2-6-13(12)14;1-9-7-8-12(2)11-6-4-3-5-10(9)11;1-6-5-4-3-2;/h2-5,8-14,17-18H,6-7,15-16H2,1H3;2-3,6-9H,4-5,10-11H2,1H3;3-8H,1-2H3;2H,1H3;1H4/q;;+1;;/b19-18+,27-26?;;;;. The first-order valence-electron chi connectivity index (χ1n) is 21.5. The number of aryl methyl sites for hydroxylation is 3. The van der Waals surface area contributed by atoms with E-state index in [2.05, 4.69) is 218 Å². The largest absolute Gasteiger partial charge is 0.371 e. The highest BCUT2D eigenvalue weighted by Crippen LogP contribution is 2.37. The summed E-state index contributed by atoms with van der Waals surface area (Å²) in [6, 6.07) is 45.0. The highest BCUT2D eigenvalue weighted by atomic mass is 32.2. The molecule has 332 valence electrons. The topological polar surface area (TPSA) is 86.2 Å². The minimum absolute atomic E-state index is 0. The normalized spacial score (nSPS) is 14.8. The summed E-state index contributed by atoms with van der Waals surface area (Å²) in [5, 5.41) is 29.4. The summed E-state index contributed by atoms with van der Waals surface area (Å²) in [5.74, 6) is 0. The number of nitrogens with zero attached hydrogens (tertiary/aromatic N) is 6. The Morgan fingerprint density at radius 1 is 0.641 bits per heavy atom. The quantitative estimate of drug-likeness (QED) is 0.0423. The van der Waals surface area contributed by atoms with E-state index in [1.807, 2.05) is 6.20 Å². The lowest BCUT2D eigenvalue weighted by atomic mass is 10.0. The van der Waals surface area contributed by atoms with Crippen LogP contribution in [-0.4, -0.2) is 44.7 Å². The van der Waals surface area contributed by atoms with Crippen LogP contribution in [0.15, 0.2) is 162 Å². The fourth-order valence-electron chi connectivity index (χ4n) is 8.46. The van der Waals surface area contributed by atoms with E-state index in [1.165, 1.54) is 99.6 Å². The molecule has 3 aliphatic rings. The Kier molecular flexibility index (Phi) is 17.4. The van der Waals surface area contributed by atoms with Crippen molar-refractivity contribution in [3.8, 4) is 0 Å². The van der Waals surface area contributed by atoms with Crippen LogP contribution in [0.3, 0.4) is 0 Å². The van der Waals surface area contributed by atoms with Crippen molar-refractivity contribution in [2.75, 3.05) is 54.2 Å². The number of fused-ring (bicyclic) bond motifs is 4. The third-order valence-corrected chi connectivity index (χ3v) is 11.9. The van der Waals surface area contributed by atoms with Gasteiger partial charge < -0.3 is 14.7 Å². The van der Waals surface area contributed by atoms with Crippen LogP contribution in [0.1, 0.15) is 49.8 Å². The third-order valence-electron chi connectivity index (χ3n) is 11.7. The van der Waals surface area contributed by atoms with E-state index in [0.717, 1.165) is 41.8 Å². The number of rotatable bonds is 7. The summed E-state index contributed by atoms with van der Waals surface area (Å²) in [4.78, 5) is 7.11. The van der Waals surface area contributed by atoms with E-state index in [1.54, 1.807) is 6.26 Å². The van der Waals surface area contributed by atoms with Crippen molar-refractivity contribution in [3.63, 3.8) is 0 Å². The summed E-state index contributed by atoms with van der Waals surface area (Å²) in [5.41, 5.74) is 11.1. The molecule has 1 aromatic heterocycles. The van der Waals surface area contributed by atoms with Gasteiger partial charge in [-0.25, -0.2) is 9.82 Å². The Hall–Kier alpha value is -6.08. The zero-order valence-corrected chi connectivity index (χ0v) is 37.7. The zero-order chi connectivity index (χ0) is 44.0. The molecule has 0 aliphatic carbocycles. The highest BCUT2D eigenvalue weighted by molar-refractivity contribution is 7.93. The molecule has 0 amide bonds. The van der Waals surface area contributed by atoms with Gasteiger partial charge in [-0.2, -0.15) is 10.2 Å². The maximum Gasteiger partial charge on any atom is 0.212 e. The zero-order valence-electron chi connectivity index (χ0n) is 36.9. The second-order valence-electron chi connectivity index (χ2n) is 15.7. The Morgan fingerprint density at radius 3 is 1.81 bits per heavy atom. The molecule has 7 aromatic rings. The summed E-state index contributed by atoms with van der Waals surface area (Å²) in [6.07, 6.45) is 14.9. The SMILES string of the molecule is C.CN1C=C/C(=C\N=Nc2ccc(N3CCCC3)c3ccccc23)c2ccccc21.CSOOOO.Cc1cc[n+](C)c2ccccc12.Cc1ccc(N2CCCC2)c2ccccc12. The van der Waals surface area contributed by atoms with Gasteiger partial charge in [0.25, 0.3) is 0 Å². The lowest BCUT2D eigenvalue weighted by Crippen LogP contribution is -2.28. The van der Waals surface area contributed by atoms with Crippen LogP contribution in [0.5, 0.6) is 0 Å². The molecule has 3 aliphatic heterocycles. The molecule has 0 radical (unpaired) electrons. The van der Waals surface area contributed by atoms with Gasteiger partial charge in [-0.15, -0.1) is 4.33 Å². The summed E-state index contributed by atoms with van der Waals surface area (Å²) in [7, 11) is 4.13. The Morgan fingerprint density at radius 2 is 1.19 bits per heavy atom. The number of azo groups is 1. The maximum absolute atomic E-state index is 7.34. The van der Waals surface area contributed by atoms with Gasteiger partial charge in [-0.1, -0.05) is 92.4 Å². The van der Waals surface area contributed by atoms with Crippen molar-refractivity contribution in [1.82, 2.24) is 0 Å². The van der Waals surface area contributed by atoms with E-state index < -0.39 is 0 Å². The molecular formula is C53H61N6O4S+. The first-order valence-corrected chi connectivity index (χ1v) is 22.7. The first-order chi connectivity index (χ1) is 30.9. The van der Waals surface area contributed by atoms with Crippen molar-refractivity contribution < 1.29 is 24.2 Å². The van der Waals surface area contributed by atoms with E-state index >= 15 is 0 Å². The number of allylic oxidation sites excluding steroid dienone is 2. The van der Waals surface area contributed by atoms with Gasteiger partial charge in [0.1, 0.15) is 7.05 Å². The molecule has 11 heteroatoms. The Labute approximate surface area is 382 Å². The fraction of sp³-hybridized carbons (Fsp3) is 0.264. The van der Waals surface area contributed by atoms with Gasteiger partial charge in [0.05, 0.1) is 11.9 Å². The molecule has 0 unspecified atom stereocenters. The van der Waals surface area contributed by atoms with Crippen LogP contribution in [0.2, 0.25) is 0 Å². The van der Waals surface area contributed by atoms with Crippen molar-refractivity contribution >= 4 is 72.8 Å². The molecule has 2 saturated heterocycles. The summed E-state index contributed by atoms with van der Waals surface area (Å²) in [6.45, 7) is 9.03. The van der Waals surface area contributed by atoms with E-state index in [9.17, 15) is 0 Å². The van der Waals surface area contributed by atoms with Crippen LogP contribution in [-0.2, 0) is 21.5 Å². The minimum Gasteiger partial charge on any atom is -0.371 e. The number of aromatic nitrogens is 1. The van der Waals surface area contributed by atoms with Gasteiger partial charge in [0.2, 0.25) is 5.52 Å². The van der Waals surface area contributed by atoms with Gasteiger partial charge in [0, 0.05) is 120 Å². The van der Waals surface area contributed by atoms with Crippen molar-refractivity contribution in [1.29, 1.82) is 0 Å². The van der Waals surface area contributed by atoms with Crippen molar-refractivity contribution in [3.05, 3.63) is 169 Å². The molecule has 0 atom stereocenters. The number of hydrogen-bond donors (Lipinski definition) is 1. The van der Waals surface area contributed by atoms with Crippen LogP contribution in [0.4, 0.5) is 22.7 Å². The number of hydrogen-bond acceptors (Lipinski definition) is 10. The van der Waals surface area contributed by atoms with Gasteiger partial charge >= 0.3 is 0 Å². The van der Waals surface area contributed by atoms with E-state index in [0.29, 0.717) is 0 Å². The molecule has 4 heterocycles. The van der Waals surface area contributed by atoms with Crippen LogP contribution < -0.4 is 19.3 Å². The second kappa shape index (κ2) is 23.6. The maximum atomic E-state index is 7.34. The highest BCUT2D eigenvalue weighted by Gasteiger charge is 2.17. The number of anilines is 3. The minimum atomic E-state index is 0. The molecule has 10 rings (SSSR count). The summed E-state index contributed by atoms with van der Waals surface area (Å²) < 4.78 is 6.07. The second-order valence-corrected chi connectivity index (χ2v) is 16.2. The molecule has 0 spiro atoms. The molecular weight excluding hydrogens is 817 g/mol. The van der Waals surface area contributed by atoms with Crippen LogP contribution >= 0.6 is 12.0 Å². The molecule has 10 nitrogen and oxygen atoms in total. The number of pyridine rings is 1. The van der Waals surface area contributed by atoms with Crippen molar-refractivity contribution in [2.24, 2.45) is 17.3 Å². The van der Waals surface area contributed by atoms with Crippen molar-refractivity contribution in [2.45, 2.75) is 47.0 Å². The molecule has 6 aromatic carbocycles. The molecule has 1 N–H and O–H groups in total. The lowest BCUT2D eigenvalue weighted by Gasteiger charge is -2.23. The van der Waals surface area contributed by atoms with Crippen LogP contribution in [0.25, 0.3) is 38.0 Å². The molecule has 2 fully saturated rings. The molecule has 0 saturated carbocycles. The predicted octanol–water partition coefficient (Wildman–Crippen LogP) is 13.5. The van der Waals surface area contributed by atoms with Gasteiger partial charge in [-0.3, -0.25) is 0 Å². The average Bonchev–Trinajstić information content (AvgIpc) is 4.08. The Balaban J connectivity index is 0.000000163. The number of benzene rings is 6. The van der Waals surface area contributed by atoms with Gasteiger partial charge in [0.15, 0.2) is 6.20 Å². The lowest BCUT2D eigenvalue weighted by molar-refractivity contribution is -0.644. The Bertz CT molecular complexity index is 2660. The number of para-hydroxylation sites is 2. The van der Waals surface area contributed by atoms with E-state index in [4.69, 9.17) is 5.26 Å². The summed E-state index contributed by atoms with van der Waals surface area (Å²) >= 11 is 0.919. The van der Waals surface area contributed by atoms with Crippen LogP contribution in [0, 0.1) is 13.8 Å². The average molecular weight is 878 g/mol. The molecule has 64 heavy (non-hydrogen) atoms. The predicted molar refractivity (Wildman–Crippen MR) is 268 cm³/mol. The molecule has 0 bridgehead atoms. The first kappa shape index (κ1) is 47.4. The smallest absolute Gasteiger partial charge is 0.212 e. The fourth-order valence-corrected chi connectivity index (χ4v) is 8.54. The third kappa shape index (κ3) is 11.5. The monoisotopic (exact) mass is 877 g/mol.